The lowest BCUT2D eigenvalue weighted by Gasteiger charge is -2.28. The lowest BCUT2D eigenvalue weighted by molar-refractivity contribution is 0.112. The third-order valence-electron chi connectivity index (χ3n) is 2.40. The van der Waals surface area contributed by atoms with Crippen molar-refractivity contribution in [2.24, 2.45) is 0 Å². The molecule has 0 unspecified atom stereocenters. The number of aliphatic hydroxyl groups excluding tert-OH is 1. The van der Waals surface area contributed by atoms with Crippen LogP contribution in [0.15, 0.2) is 18.3 Å². The molecule has 1 aromatic rings. The fourth-order valence-electron chi connectivity index (χ4n) is 1.59. The monoisotopic (exact) mass is 222 g/mol. The number of pyridine rings is 1. The van der Waals surface area contributed by atoms with Gasteiger partial charge in [0.15, 0.2) is 6.29 Å². The average molecular weight is 222 g/mol. The number of hydrogen-bond acceptors (Lipinski definition) is 4. The van der Waals surface area contributed by atoms with Crippen LogP contribution < -0.4 is 4.90 Å². The maximum atomic E-state index is 10.9. The Kier molecular flexibility index (Phi) is 4.92. The lowest BCUT2D eigenvalue weighted by Crippen LogP contribution is -2.33. The van der Waals surface area contributed by atoms with E-state index in [2.05, 4.69) is 4.98 Å². The summed E-state index contributed by atoms with van der Waals surface area (Å²) >= 11 is 0. The zero-order chi connectivity index (χ0) is 12.0. The van der Waals surface area contributed by atoms with Gasteiger partial charge in [0, 0.05) is 25.4 Å². The molecule has 0 spiro atoms. The molecule has 16 heavy (non-hydrogen) atoms. The zero-order valence-electron chi connectivity index (χ0n) is 9.76. The van der Waals surface area contributed by atoms with Gasteiger partial charge in [0.2, 0.25) is 0 Å². The number of aromatic nitrogens is 1. The highest BCUT2D eigenvalue weighted by atomic mass is 16.3. The summed E-state index contributed by atoms with van der Waals surface area (Å²) in [6, 6.07) is 3.75. The average Bonchev–Trinajstić information content (AvgIpc) is 2.29. The van der Waals surface area contributed by atoms with Gasteiger partial charge in [-0.1, -0.05) is 0 Å². The van der Waals surface area contributed by atoms with Gasteiger partial charge in [-0.2, -0.15) is 0 Å². The Morgan fingerprint density at radius 3 is 2.88 bits per heavy atom. The summed E-state index contributed by atoms with van der Waals surface area (Å²) in [5, 5.41) is 8.85. The van der Waals surface area contributed by atoms with E-state index in [1.54, 1.807) is 18.3 Å². The van der Waals surface area contributed by atoms with Crippen molar-refractivity contribution in [3.63, 3.8) is 0 Å². The molecule has 0 atom stereocenters. The Bertz CT molecular complexity index is 340. The first-order valence-corrected chi connectivity index (χ1v) is 5.48. The maximum absolute atomic E-state index is 10.9. The number of hydrogen-bond donors (Lipinski definition) is 1. The molecule has 4 heteroatoms. The topological polar surface area (TPSA) is 53.4 Å². The van der Waals surface area contributed by atoms with Crippen LogP contribution in [0.4, 0.5) is 5.82 Å². The first-order valence-electron chi connectivity index (χ1n) is 5.48. The van der Waals surface area contributed by atoms with Gasteiger partial charge in [0.25, 0.3) is 0 Å². The molecule has 1 aromatic heterocycles. The zero-order valence-corrected chi connectivity index (χ0v) is 9.76. The van der Waals surface area contributed by atoms with Gasteiger partial charge < -0.3 is 10.0 Å². The van der Waals surface area contributed by atoms with Crippen LogP contribution in [0, 0.1) is 0 Å². The molecule has 0 aromatic carbocycles. The van der Waals surface area contributed by atoms with E-state index in [9.17, 15) is 4.79 Å². The highest BCUT2D eigenvalue weighted by Gasteiger charge is 2.14. The van der Waals surface area contributed by atoms with Crippen LogP contribution in [0.5, 0.6) is 0 Å². The quantitative estimate of drug-likeness (QED) is 0.741. The predicted molar refractivity (Wildman–Crippen MR) is 63.8 cm³/mol. The van der Waals surface area contributed by atoms with Crippen LogP contribution in [0.1, 0.15) is 30.6 Å². The summed E-state index contributed by atoms with van der Waals surface area (Å²) < 4.78 is 0. The molecule has 0 aliphatic carbocycles. The third kappa shape index (κ3) is 3.03. The van der Waals surface area contributed by atoms with Gasteiger partial charge in [-0.3, -0.25) is 4.79 Å². The molecule has 88 valence electrons. The second-order valence-corrected chi connectivity index (χ2v) is 3.90. The molecule has 0 bridgehead atoms. The van der Waals surface area contributed by atoms with Gasteiger partial charge in [-0.15, -0.1) is 0 Å². The van der Waals surface area contributed by atoms with E-state index >= 15 is 0 Å². The molecule has 0 saturated heterocycles. The number of anilines is 1. The minimum absolute atomic E-state index is 0.145. The first kappa shape index (κ1) is 12.6. The standard InChI is InChI=1S/C12H18N2O2/c1-10(2)14(7-4-8-15)12-11(9-16)5-3-6-13-12/h3,5-6,9-10,15H,4,7-8H2,1-2H3. The van der Waals surface area contributed by atoms with Crippen molar-refractivity contribution in [1.29, 1.82) is 0 Å². The van der Waals surface area contributed by atoms with Crippen LogP contribution in [0.2, 0.25) is 0 Å². The van der Waals surface area contributed by atoms with Crippen LogP contribution >= 0.6 is 0 Å². The van der Waals surface area contributed by atoms with Crippen molar-refractivity contribution in [3.05, 3.63) is 23.9 Å². The van der Waals surface area contributed by atoms with Crippen molar-refractivity contribution in [2.45, 2.75) is 26.3 Å². The number of carbonyl (C=O) groups is 1. The molecule has 0 fully saturated rings. The molecule has 4 nitrogen and oxygen atoms in total. The summed E-state index contributed by atoms with van der Waals surface area (Å²) in [5.41, 5.74) is 0.592. The summed E-state index contributed by atoms with van der Waals surface area (Å²) in [7, 11) is 0. The van der Waals surface area contributed by atoms with Crippen molar-refractivity contribution in [1.82, 2.24) is 4.98 Å². The van der Waals surface area contributed by atoms with Crippen molar-refractivity contribution >= 4 is 12.1 Å². The Morgan fingerprint density at radius 1 is 1.56 bits per heavy atom. The van der Waals surface area contributed by atoms with Crippen molar-refractivity contribution < 1.29 is 9.90 Å². The number of carbonyl (C=O) groups excluding carboxylic acids is 1. The van der Waals surface area contributed by atoms with E-state index in [4.69, 9.17) is 5.11 Å². The van der Waals surface area contributed by atoms with Crippen LogP contribution in [0.25, 0.3) is 0 Å². The van der Waals surface area contributed by atoms with Crippen LogP contribution in [0.3, 0.4) is 0 Å². The largest absolute Gasteiger partial charge is 0.396 e. The number of aliphatic hydroxyl groups is 1. The molecule has 1 N–H and O–H groups in total. The maximum Gasteiger partial charge on any atom is 0.153 e. The highest BCUT2D eigenvalue weighted by Crippen LogP contribution is 2.18. The van der Waals surface area contributed by atoms with E-state index in [1.165, 1.54) is 0 Å². The predicted octanol–water partition coefficient (Wildman–Crippen LogP) is 1.49. The number of nitrogens with zero attached hydrogens (tertiary/aromatic N) is 2. The Labute approximate surface area is 95.9 Å². The Hall–Kier alpha value is -1.42. The molecular weight excluding hydrogens is 204 g/mol. The third-order valence-corrected chi connectivity index (χ3v) is 2.40. The fraction of sp³-hybridized carbons (Fsp3) is 0.500. The van der Waals surface area contributed by atoms with Gasteiger partial charge in [-0.05, 0) is 32.4 Å². The fourth-order valence-corrected chi connectivity index (χ4v) is 1.59. The SMILES string of the molecule is CC(C)N(CCCO)c1ncccc1C=O. The summed E-state index contributed by atoms with van der Waals surface area (Å²) in [6.45, 7) is 4.93. The Balaban J connectivity index is 2.95. The van der Waals surface area contributed by atoms with E-state index in [0.29, 0.717) is 24.3 Å². The van der Waals surface area contributed by atoms with Gasteiger partial charge in [0.1, 0.15) is 5.82 Å². The van der Waals surface area contributed by atoms with Crippen molar-refractivity contribution in [2.75, 3.05) is 18.1 Å². The van der Waals surface area contributed by atoms with Crippen molar-refractivity contribution in [3.8, 4) is 0 Å². The van der Waals surface area contributed by atoms with E-state index in [1.807, 2.05) is 18.7 Å². The van der Waals surface area contributed by atoms with Gasteiger partial charge >= 0.3 is 0 Å². The van der Waals surface area contributed by atoms with Gasteiger partial charge in [-0.25, -0.2) is 4.98 Å². The van der Waals surface area contributed by atoms with Gasteiger partial charge in [0.05, 0.1) is 5.56 Å². The minimum Gasteiger partial charge on any atom is -0.396 e. The summed E-state index contributed by atoms with van der Waals surface area (Å²) in [5.74, 6) is 0.695. The molecule has 0 amide bonds. The smallest absolute Gasteiger partial charge is 0.153 e. The number of aldehydes is 1. The molecular formula is C12H18N2O2. The second kappa shape index (κ2) is 6.23. The highest BCUT2D eigenvalue weighted by molar-refractivity contribution is 5.82. The molecule has 1 rings (SSSR count). The second-order valence-electron chi connectivity index (χ2n) is 3.90. The minimum atomic E-state index is 0.145. The Morgan fingerprint density at radius 2 is 2.31 bits per heavy atom. The summed E-state index contributed by atoms with van der Waals surface area (Å²) in [4.78, 5) is 17.2. The molecule has 0 radical (unpaired) electrons. The normalized spacial score (nSPS) is 10.5. The molecule has 1 heterocycles. The summed E-state index contributed by atoms with van der Waals surface area (Å²) in [6.07, 6.45) is 3.17. The number of rotatable bonds is 6. The van der Waals surface area contributed by atoms with E-state index in [-0.39, 0.29) is 12.6 Å². The first-order chi connectivity index (χ1) is 7.70. The van der Waals surface area contributed by atoms with E-state index in [0.717, 1.165) is 6.29 Å². The molecule has 0 saturated carbocycles. The van der Waals surface area contributed by atoms with E-state index < -0.39 is 0 Å². The van der Waals surface area contributed by atoms with Crippen LogP contribution in [-0.4, -0.2) is 35.6 Å². The molecule has 0 aliphatic rings. The molecule has 0 aliphatic heterocycles. The lowest BCUT2D eigenvalue weighted by atomic mass is 10.2. The van der Waals surface area contributed by atoms with Crippen LogP contribution in [-0.2, 0) is 0 Å².